The van der Waals surface area contributed by atoms with Crippen molar-refractivity contribution in [3.63, 3.8) is 0 Å². The largest absolute Gasteiger partial charge is 0.545 e. The lowest BCUT2D eigenvalue weighted by Gasteiger charge is -2.30. The second-order valence-electron chi connectivity index (χ2n) is 6.30. The normalized spacial score (nSPS) is 14.7. The van der Waals surface area contributed by atoms with Crippen LogP contribution in [0.1, 0.15) is 66.7 Å². The van der Waals surface area contributed by atoms with Crippen LogP contribution in [0.2, 0.25) is 0 Å². The molecule has 0 amide bonds. The molecule has 0 N–H and O–H groups in total. The summed E-state index contributed by atoms with van der Waals surface area (Å²) in [5.74, 6) is -2.64. The number of aliphatic carboxylic acids is 2. The van der Waals surface area contributed by atoms with Crippen molar-refractivity contribution in [2.75, 3.05) is 0 Å². The maximum atomic E-state index is 11.4. The molecule has 0 saturated carbocycles. The zero-order chi connectivity index (χ0) is 15.9. The summed E-state index contributed by atoms with van der Waals surface area (Å²) in [7, 11) is 0. The highest BCUT2D eigenvalue weighted by Gasteiger charge is 2.24. The highest BCUT2D eigenvalue weighted by Crippen LogP contribution is 2.32. The lowest BCUT2D eigenvalue weighted by Crippen LogP contribution is -2.37. The molecule has 1 unspecified atom stereocenters. The van der Waals surface area contributed by atoms with E-state index in [1.807, 2.05) is 6.92 Å². The minimum atomic E-state index is -1.41. The maximum Gasteiger partial charge on any atom is 0.0683 e. The monoisotopic (exact) mass is 282 g/mol. The van der Waals surface area contributed by atoms with Crippen LogP contribution in [-0.4, -0.2) is 11.9 Å². The highest BCUT2D eigenvalue weighted by atomic mass is 16.4. The van der Waals surface area contributed by atoms with Gasteiger partial charge in [-0.3, -0.25) is 0 Å². The average molecular weight is 282 g/mol. The van der Waals surface area contributed by atoms with E-state index in [9.17, 15) is 19.8 Å². The Morgan fingerprint density at radius 1 is 1.05 bits per heavy atom. The van der Waals surface area contributed by atoms with E-state index in [4.69, 9.17) is 0 Å². The van der Waals surface area contributed by atoms with Crippen LogP contribution in [0.4, 0.5) is 0 Å². The topological polar surface area (TPSA) is 80.3 Å². The van der Waals surface area contributed by atoms with Crippen molar-refractivity contribution >= 4 is 11.9 Å². The molecule has 0 aromatic heterocycles. The SMILES string of the molecule is CCCCC(CC)C/C(C(=O)[O-])=C(\C(=O)[O-])C(C)(C)C. The van der Waals surface area contributed by atoms with E-state index < -0.39 is 17.4 Å². The number of unbranched alkanes of at least 4 members (excludes halogenated alkanes) is 1. The van der Waals surface area contributed by atoms with Crippen LogP contribution < -0.4 is 10.2 Å². The van der Waals surface area contributed by atoms with Crippen molar-refractivity contribution in [2.45, 2.75) is 66.7 Å². The van der Waals surface area contributed by atoms with Crippen LogP contribution in [-0.2, 0) is 9.59 Å². The number of carbonyl (C=O) groups excluding carboxylic acids is 2. The summed E-state index contributed by atoms with van der Waals surface area (Å²) < 4.78 is 0. The van der Waals surface area contributed by atoms with E-state index in [0.717, 1.165) is 25.7 Å². The van der Waals surface area contributed by atoms with Crippen LogP contribution in [0.25, 0.3) is 0 Å². The first-order valence-electron chi connectivity index (χ1n) is 7.31. The number of hydrogen-bond donors (Lipinski definition) is 0. The first kappa shape index (κ1) is 18.7. The van der Waals surface area contributed by atoms with Gasteiger partial charge in [-0.25, -0.2) is 0 Å². The van der Waals surface area contributed by atoms with Crippen molar-refractivity contribution in [1.29, 1.82) is 0 Å². The molecule has 116 valence electrons. The zero-order valence-electron chi connectivity index (χ0n) is 13.2. The minimum absolute atomic E-state index is 0.111. The molecule has 0 saturated heterocycles. The Morgan fingerprint density at radius 3 is 1.90 bits per heavy atom. The van der Waals surface area contributed by atoms with Crippen LogP contribution >= 0.6 is 0 Å². The van der Waals surface area contributed by atoms with Gasteiger partial charge in [-0.2, -0.15) is 0 Å². The maximum absolute atomic E-state index is 11.4. The fraction of sp³-hybridized carbons (Fsp3) is 0.750. The quantitative estimate of drug-likeness (QED) is 0.631. The van der Waals surface area contributed by atoms with Crippen molar-refractivity contribution in [3.05, 3.63) is 11.1 Å². The van der Waals surface area contributed by atoms with Gasteiger partial charge in [-0.15, -0.1) is 0 Å². The molecule has 0 rings (SSSR count). The molecular formula is C16H26O4-2. The van der Waals surface area contributed by atoms with E-state index >= 15 is 0 Å². The lowest BCUT2D eigenvalue weighted by atomic mass is 9.80. The van der Waals surface area contributed by atoms with Gasteiger partial charge in [0.15, 0.2) is 0 Å². The van der Waals surface area contributed by atoms with E-state index in [-0.39, 0.29) is 23.5 Å². The number of carboxylic acid groups (broad SMARTS) is 2. The molecule has 4 nitrogen and oxygen atoms in total. The predicted molar refractivity (Wildman–Crippen MR) is 74.4 cm³/mol. The Bertz CT molecular complexity index is 374. The fourth-order valence-electron chi connectivity index (χ4n) is 2.40. The molecule has 0 aliphatic rings. The van der Waals surface area contributed by atoms with E-state index in [0.29, 0.717) is 0 Å². The summed E-state index contributed by atoms with van der Waals surface area (Å²) in [6, 6.07) is 0. The smallest absolute Gasteiger partial charge is 0.0683 e. The second-order valence-corrected chi connectivity index (χ2v) is 6.30. The Hall–Kier alpha value is -1.32. The summed E-state index contributed by atoms with van der Waals surface area (Å²) in [4.78, 5) is 22.7. The molecular weight excluding hydrogens is 256 g/mol. The predicted octanol–water partition coefficient (Wildman–Crippen LogP) is 1.44. The zero-order valence-corrected chi connectivity index (χ0v) is 13.2. The van der Waals surface area contributed by atoms with Gasteiger partial charge >= 0.3 is 0 Å². The first-order valence-corrected chi connectivity index (χ1v) is 7.31. The number of hydrogen-bond acceptors (Lipinski definition) is 4. The molecule has 0 aromatic carbocycles. The summed E-state index contributed by atoms with van der Waals surface area (Å²) >= 11 is 0. The van der Waals surface area contributed by atoms with Crippen LogP contribution in [0.15, 0.2) is 11.1 Å². The Balaban J connectivity index is 5.49. The van der Waals surface area contributed by atoms with Crippen molar-refractivity contribution in [1.82, 2.24) is 0 Å². The van der Waals surface area contributed by atoms with Crippen LogP contribution in [0.3, 0.4) is 0 Å². The third kappa shape index (κ3) is 5.76. The molecule has 20 heavy (non-hydrogen) atoms. The molecule has 0 aliphatic heterocycles. The van der Waals surface area contributed by atoms with Gasteiger partial charge in [0.25, 0.3) is 0 Å². The number of carboxylic acids is 2. The van der Waals surface area contributed by atoms with E-state index in [1.165, 1.54) is 0 Å². The Morgan fingerprint density at radius 2 is 1.60 bits per heavy atom. The molecule has 0 heterocycles. The molecule has 0 radical (unpaired) electrons. The summed E-state index contributed by atoms with van der Waals surface area (Å²) in [5.41, 5.74) is -1.04. The van der Waals surface area contributed by atoms with Gasteiger partial charge in [0.2, 0.25) is 0 Å². The summed E-state index contributed by atoms with van der Waals surface area (Å²) in [6.07, 6.45) is 4.00. The van der Waals surface area contributed by atoms with Crippen molar-refractivity contribution in [2.24, 2.45) is 11.3 Å². The van der Waals surface area contributed by atoms with Gasteiger partial charge < -0.3 is 19.8 Å². The van der Waals surface area contributed by atoms with Crippen molar-refractivity contribution < 1.29 is 19.8 Å². The van der Waals surface area contributed by atoms with Gasteiger partial charge in [-0.1, -0.05) is 60.3 Å². The molecule has 1 atom stereocenters. The van der Waals surface area contributed by atoms with Gasteiger partial charge in [0.05, 0.1) is 11.9 Å². The van der Waals surface area contributed by atoms with Crippen LogP contribution in [0.5, 0.6) is 0 Å². The molecule has 0 bridgehead atoms. The summed E-state index contributed by atoms with van der Waals surface area (Å²) in [6.45, 7) is 9.09. The molecule has 0 fully saturated rings. The van der Waals surface area contributed by atoms with E-state index in [2.05, 4.69) is 6.92 Å². The van der Waals surface area contributed by atoms with Crippen LogP contribution in [0, 0.1) is 11.3 Å². The standard InChI is InChI=1S/C16H28O4/c1-6-8-9-11(7-2)10-12(14(17)18)13(15(19)20)16(3,4)5/h11H,6-10H2,1-5H3,(H,17,18)(H,19,20)/p-2/b13-12-. The van der Waals surface area contributed by atoms with Crippen molar-refractivity contribution in [3.8, 4) is 0 Å². The Kier molecular flexibility index (Phi) is 7.54. The van der Waals surface area contributed by atoms with Gasteiger partial charge in [0.1, 0.15) is 0 Å². The Labute approximate surface area is 121 Å². The minimum Gasteiger partial charge on any atom is -0.545 e. The number of rotatable bonds is 8. The van der Waals surface area contributed by atoms with Gasteiger partial charge in [-0.05, 0) is 28.9 Å². The average Bonchev–Trinajstić information content (AvgIpc) is 2.30. The second kappa shape index (κ2) is 8.08. The molecule has 0 spiro atoms. The fourth-order valence-corrected chi connectivity index (χ4v) is 2.40. The summed E-state index contributed by atoms with van der Waals surface area (Å²) in [5, 5.41) is 22.7. The molecule has 0 aliphatic carbocycles. The molecule has 4 heteroatoms. The highest BCUT2D eigenvalue weighted by molar-refractivity contribution is 5.98. The first-order chi connectivity index (χ1) is 9.15. The van der Waals surface area contributed by atoms with E-state index in [1.54, 1.807) is 20.8 Å². The number of carbonyl (C=O) groups is 2. The lowest BCUT2D eigenvalue weighted by molar-refractivity contribution is -0.305. The molecule has 0 aromatic rings. The third-order valence-electron chi connectivity index (χ3n) is 3.54. The third-order valence-corrected chi connectivity index (χ3v) is 3.54. The van der Waals surface area contributed by atoms with Gasteiger partial charge in [0, 0.05) is 0 Å².